The standard InChI is InChI=1S/C10H21N3O/c1-8-6-9(2)13(7-8)5-3-4-10(11)12-14/h8-9,14H,3-7H2,1-2H3,(H2,11,12). The summed E-state index contributed by atoms with van der Waals surface area (Å²) >= 11 is 0. The van der Waals surface area contributed by atoms with Crippen molar-refractivity contribution in [3.8, 4) is 0 Å². The van der Waals surface area contributed by atoms with Crippen LogP contribution in [0, 0.1) is 5.92 Å². The molecule has 14 heavy (non-hydrogen) atoms. The molecule has 0 amide bonds. The fourth-order valence-electron chi connectivity index (χ4n) is 2.21. The summed E-state index contributed by atoms with van der Waals surface area (Å²) in [7, 11) is 0. The van der Waals surface area contributed by atoms with E-state index in [9.17, 15) is 0 Å². The second-order valence-corrected chi connectivity index (χ2v) is 4.38. The van der Waals surface area contributed by atoms with Crippen molar-refractivity contribution < 1.29 is 5.21 Å². The smallest absolute Gasteiger partial charge is 0.139 e. The molecule has 2 atom stereocenters. The van der Waals surface area contributed by atoms with E-state index in [0.29, 0.717) is 18.3 Å². The molecule has 2 unspecified atom stereocenters. The Balaban J connectivity index is 2.19. The molecule has 0 aromatic heterocycles. The van der Waals surface area contributed by atoms with Gasteiger partial charge in [-0.05, 0) is 32.2 Å². The third-order valence-corrected chi connectivity index (χ3v) is 2.92. The number of nitrogens with zero attached hydrogens (tertiary/aromatic N) is 2. The Morgan fingerprint density at radius 2 is 2.29 bits per heavy atom. The van der Waals surface area contributed by atoms with Gasteiger partial charge in [0.15, 0.2) is 0 Å². The molecule has 0 bridgehead atoms. The molecule has 4 nitrogen and oxygen atoms in total. The lowest BCUT2D eigenvalue weighted by molar-refractivity contribution is 0.262. The highest BCUT2D eigenvalue weighted by Crippen LogP contribution is 2.22. The van der Waals surface area contributed by atoms with Crippen LogP contribution in [0.15, 0.2) is 5.16 Å². The van der Waals surface area contributed by atoms with Crippen LogP contribution in [-0.4, -0.2) is 35.1 Å². The zero-order valence-electron chi connectivity index (χ0n) is 9.11. The number of hydrogen-bond acceptors (Lipinski definition) is 3. The predicted octanol–water partition coefficient (Wildman–Crippen LogP) is 1.24. The molecular formula is C10H21N3O. The molecule has 0 aliphatic carbocycles. The molecule has 1 fully saturated rings. The van der Waals surface area contributed by atoms with Crippen LogP contribution in [0.25, 0.3) is 0 Å². The summed E-state index contributed by atoms with van der Waals surface area (Å²) in [6, 6.07) is 0.692. The number of nitrogens with two attached hydrogens (primary N) is 1. The van der Waals surface area contributed by atoms with Crippen molar-refractivity contribution in [2.24, 2.45) is 16.8 Å². The van der Waals surface area contributed by atoms with Crippen molar-refractivity contribution in [2.75, 3.05) is 13.1 Å². The van der Waals surface area contributed by atoms with E-state index < -0.39 is 0 Å². The van der Waals surface area contributed by atoms with Crippen molar-refractivity contribution in [1.29, 1.82) is 0 Å². The number of hydrogen-bond donors (Lipinski definition) is 2. The molecule has 1 rings (SSSR count). The fourth-order valence-corrected chi connectivity index (χ4v) is 2.21. The normalized spacial score (nSPS) is 29.7. The van der Waals surface area contributed by atoms with Gasteiger partial charge in [-0.25, -0.2) is 0 Å². The molecule has 0 radical (unpaired) electrons. The lowest BCUT2D eigenvalue weighted by Crippen LogP contribution is -2.29. The second-order valence-electron chi connectivity index (χ2n) is 4.38. The topological polar surface area (TPSA) is 61.8 Å². The first-order valence-electron chi connectivity index (χ1n) is 5.34. The average molecular weight is 199 g/mol. The Bertz CT molecular complexity index is 206. The van der Waals surface area contributed by atoms with Crippen LogP contribution in [0.2, 0.25) is 0 Å². The number of rotatable bonds is 4. The zero-order valence-corrected chi connectivity index (χ0v) is 9.11. The quantitative estimate of drug-likeness (QED) is 0.310. The van der Waals surface area contributed by atoms with Gasteiger partial charge in [0.1, 0.15) is 5.84 Å². The first-order chi connectivity index (χ1) is 6.63. The highest BCUT2D eigenvalue weighted by molar-refractivity contribution is 5.79. The zero-order chi connectivity index (χ0) is 10.6. The van der Waals surface area contributed by atoms with E-state index in [1.807, 2.05) is 0 Å². The fraction of sp³-hybridized carbons (Fsp3) is 0.900. The van der Waals surface area contributed by atoms with Gasteiger partial charge in [-0.15, -0.1) is 0 Å². The van der Waals surface area contributed by atoms with Gasteiger partial charge in [0.25, 0.3) is 0 Å². The van der Waals surface area contributed by atoms with E-state index in [1.54, 1.807) is 0 Å². The van der Waals surface area contributed by atoms with E-state index in [-0.39, 0.29) is 0 Å². The maximum absolute atomic E-state index is 8.37. The van der Waals surface area contributed by atoms with Gasteiger partial charge in [0, 0.05) is 19.0 Å². The molecule has 3 N–H and O–H groups in total. The Hall–Kier alpha value is -0.770. The van der Waals surface area contributed by atoms with Gasteiger partial charge in [0.2, 0.25) is 0 Å². The molecular weight excluding hydrogens is 178 g/mol. The summed E-state index contributed by atoms with van der Waals surface area (Å²) in [5.74, 6) is 1.15. The minimum Gasteiger partial charge on any atom is -0.409 e. The summed E-state index contributed by atoms with van der Waals surface area (Å²) < 4.78 is 0. The lowest BCUT2D eigenvalue weighted by atomic mass is 10.1. The highest BCUT2D eigenvalue weighted by atomic mass is 16.4. The van der Waals surface area contributed by atoms with Crippen LogP contribution in [0.5, 0.6) is 0 Å². The van der Waals surface area contributed by atoms with Gasteiger partial charge >= 0.3 is 0 Å². The van der Waals surface area contributed by atoms with Crippen LogP contribution >= 0.6 is 0 Å². The summed E-state index contributed by atoms with van der Waals surface area (Å²) in [6.45, 7) is 6.81. The Kier molecular flexibility index (Phi) is 4.20. The predicted molar refractivity (Wildman–Crippen MR) is 57.5 cm³/mol. The van der Waals surface area contributed by atoms with Crippen molar-refractivity contribution >= 4 is 5.84 Å². The van der Waals surface area contributed by atoms with E-state index >= 15 is 0 Å². The number of likely N-dealkylation sites (tertiary alicyclic amines) is 1. The first-order valence-corrected chi connectivity index (χ1v) is 5.34. The third-order valence-electron chi connectivity index (χ3n) is 2.92. The maximum atomic E-state index is 8.37. The maximum Gasteiger partial charge on any atom is 0.139 e. The minimum atomic E-state index is 0.338. The van der Waals surface area contributed by atoms with Crippen LogP contribution in [0.3, 0.4) is 0 Å². The summed E-state index contributed by atoms with van der Waals surface area (Å²) in [5, 5.41) is 11.3. The second kappa shape index (κ2) is 5.20. The number of oxime groups is 1. The number of amidine groups is 1. The minimum absolute atomic E-state index is 0.338. The molecule has 82 valence electrons. The van der Waals surface area contributed by atoms with Crippen LogP contribution in [0.4, 0.5) is 0 Å². The van der Waals surface area contributed by atoms with E-state index in [4.69, 9.17) is 10.9 Å². The van der Waals surface area contributed by atoms with Crippen molar-refractivity contribution in [3.05, 3.63) is 0 Å². The van der Waals surface area contributed by atoms with Gasteiger partial charge < -0.3 is 15.8 Å². The van der Waals surface area contributed by atoms with Crippen molar-refractivity contribution in [3.63, 3.8) is 0 Å². The Morgan fingerprint density at radius 1 is 1.57 bits per heavy atom. The monoisotopic (exact) mass is 199 g/mol. The molecule has 1 saturated heterocycles. The Morgan fingerprint density at radius 3 is 2.79 bits per heavy atom. The van der Waals surface area contributed by atoms with Gasteiger partial charge in [-0.3, -0.25) is 0 Å². The summed E-state index contributed by atoms with van der Waals surface area (Å²) in [5.41, 5.74) is 5.40. The average Bonchev–Trinajstić information content (AvgIpc) is 2.45. The molecule has 0 aromatic rings. The molecule has 0 saturated carbocycles. The van der Waals surface area contributed by atoms with E-state index in [2.05, 4.69) is 23.9 Å². The molecule has 4 heteroatoms. The van der Waals surface area contributed by atoms with Crippen LogP contribution in [0.1, 0.15) is 33.1 Å². The first kappa shape index (κ1) is 11.3. The van der Waals surface area contributed by atoms with E-state index in [0.717, 1.165) is 18.9 Å². The Labute approximate surface area is 85.8 Å². The third kappa shape index (κ3) is 3.18. The highest BCUT2D eigenvalue weighted by Gasteiger charge is 2.25. The summed E-state index contributed by atoms with van der Waals surface area (Å²) in [6.07, 6.45) is 2.96. The van der Waals surface area contributed by atoms with Crippen molar-refractivity contribution in [2.45, 2.75) is 39.2 Å². The summed E-state index contributed by atoms with van der Waals surface area (Å²) in [4.78, 5) is 2.48. The molecule has 0 spiro atoms. The van der Waals surface area contributed by atoms with Crippen molar-refractivity contribution in [1.82, 2.24) is 4.90 Å². The molecule has 1 aliphatic heterocycles. The van der Waals surface area contributed by atoms with Gasteiger partial charge in [0.05, 0.1) is 0 Å². The molecule has 1 heterocycles. The lowest BCUT2D eigenvalue weighted by Gasteiger charge is -2.20. The van der Waals surface area contributed by atoms with Gasteiger partial charge in [-0.1, -0.05) is 12.1 Å². The SMILES string of the molecule is CC1CC(C)N(CCCC(N)=NO)C1. The van der Waals surface area contributed by atoms with E-state index in [1.165, 1.54) is 13.0 Å². The molecule has 1 aliphatic rings. The van der Waals surface area contributed by atoms with Crippen LogP contribution in [-0.2, 0) is 0 Å². The van der Waals surface area contributed by atoms with Crippen LogP contribution < -0.4 is 5.73 Å². The van der Waals surface area contributed by atoms with Gasteiger partial charge in [-0.2, -0.15) is 0 Å². The largest absolute Gasteiger partial charge is 0.409 e. The molecule has 0 aromatic carbocycles.